The summed E-state index contributed by atoms with van der Waals surface area (Å²) in [5.41, 5.74) is 6.52. The van der Waals surface area contributed by atoms with Crippen LogP contribution < -0.4 is 5.73 Å². The van der Waals surface area contributed by atoms with Gasteiger partial charge in [0.05, 0.1) is 0 Å². The molecule has 1 atom stereocenters. The molecule has 1 aromatic heterocycles. The van der Waals surface area contributed by atoms with Crippen LogP contribution in [-0.4, -0.2) is 4.98 Å². The van der Waals surface area contributed by atoms with Crippen LogP contribution in [-0.2, 0) is 12.6 Å². The molecule has 2 N–H and O–H groups in total. The quantitative estimate of drug-likeness (QED) is 0.878. The Bertz CT molecular complexity index is 593. The Labute approximate surface area is 127 Å². The van der Waals surface area contributed by atoms with Crippen molar-refractivity contribution in [2.75, 3.05) is 0 Å². The first-order valence-corrected chi connectivity index (χ1v) is 7.07. The van der Waals surface area contributed by atoms with Crippen molar-refractivity contribution in [1.29, 1.82) is 0 Å². The molecular formula is C12H9Cl2F3N2S. The summed E-state index contributed by atoms with van der Waals surface area (Å²) in [5, 5.41) is -0.0322. The number of nitrogens with zero attached hydrogens (tertiary/aromatic N) is 1. The molecule has 0 spiro atoms. The maximum absolute atomic E-state index is 12.5. The zero-order chi connectivity index (χ0) is 14.9. The molecule has 1 unspecified atom stereocenters. The number of aromatic nitrogens is 1. The van der Waals surface area contributed by atoms with E-state index in [1.165, 1.54) is 0 Å². The van der Waals surface area contributed by atoms with Crippen molar-refractivity contribution in [1.82, 2.24) is 4.98 Å². The zero-order valence-electron chi connectivity index (χ0n) is 9.92. The third-order valence-corrected chi connectivity index (χ3v) is 4.50. The number of benzene rings is 1. The average molecular weight is 341 g/mol. The largest absolute Gasteiger partial charge is 0.443 e. The number of rotatable bonds is 3. The minimum absolute atomic E-state index is 0.248. The van der Waals surface area contributed by atoms with Crippen molar-refractivity contribution in [2.45, 2.75) is 18.6 Å². The van der Waals surface area contributed by atoms with E-state index in [2.05, 4.69) is 4.98 Å². The van der Waals surface area contributed by atoms with E-state index in [-0.39, 0.29) is 6.42 Å². The first-order chi connectivity index (χ1) is 9.29. The van der Waals surface area contributed by atoms with Gasteiger partial charge in [0.15, 0.2) is 5.01 Å². The molecule has 0 fully saturated rings. The van der Waals surface area contributed by atoms with Gasteiger partial charge in [-0.15, -0.1) is 11.3 Å². The van der Waals surface area contributed by atoms with Gasteiger partial charge in [-0.2, -0.15) is 13.2 Å². The molecule has 2 rings (SSSR count). The summed E-state index contributed by atoms with van der Waals surface area (Å²) in [6.07, 6.45) is -3.06. The number of thiazole rings is 1. The molecule has 0 amide bonds. The summed E-state index contributed by atoms with van der Waals surface area (Å²) >= 11 is 12.5. The van der Waals surface area contributed by atoms with Crippen LogP contribution in [0.3, 0.4) is 0 Å². The summed E-state index contributed by atoms with van der Waals surface area (Å²) < 4.78 is 37.5. The van der Waals surface area contributed by atoms with Gasteiger partial charge in [-0.25, -0.2) is 4.98 Å². The van der Waals surface area contributed by atoms with E-state index in [1.807, 2.05) is 0 Å². The maximum Gasteiger partial charge on any atom is 0.443 e. The molecule has 0 aliphatic heterocycles. The number of halogens is 5. The molecule has 0 saturated carbocycles. The topological polar surface area (TPSA) is 38.9 Å². The molecule has 1 heterocycles. The van der Waals surface area contributed by atoms with Gasteiger partial charge in [0.25, 0.3) is 0 Å². The Kier molecular flexibility index (Phi) is 4.59. The first kappa shape index (κ1) is 15.6. The van der Waals surface area contributed by atoms with Crippen molar-refractivity contribution in [2.24, 2.45) is 5.73 Å². The van der Waals surface area contributed by atoms with Crippen LogP contribution >= 0.6 is 34.5 Å². The van der Waals surface area contributed by atoms with Gasteiger partial charge in [-0.3, -0.25) is 0 Å². The van der Waals surface area contributed by atoms with E-state index in [0.29, 0.717) is 31.8 Å². The predicted molar refractivity (Wildman–Crippen MR) is 74.2 cm³/mol. The average Bonchev–Trinajstić information content (AvgIpc) is 2.83. The minimum Gasteiger partial charge on any atom is -0.323 e. The molecule has 20 heavy (non-hydrogen) atoms. The highest BCUT2D eigenvalue weighted by atomic mass is 35.5. The monoisotopic (exact) mass is 340 g/mol. The summed E-state index contributed by atoms with van der Waals surface area (Å²) in [6, 6.07) is 4.36. The van der Waals surface area contributed by atoms with Crippen LogP contribution in [0.5, 0.6) is 0 Å². The zero-order valence-corrected chi connectivity index (χ0v) is 12.2. The summed E-state index contributed by atoms with van der Waals surface area (Å²) in [5.74, 6) is 0. The highest BCUT2D eigenvalue weighted by Gasteiger charge is 2.35. The van der Waals surface area contributed by atoms with Crippen LogP contribution in [0.15, 0.2) is 24.4 Å². The molecule has 2 aromatic rings. The van der Waals surface area contributed by atoms with Crippen molar-refractivity contribution >= 4 is 34.5 Å². The molecule has 0 radical (unpaired) electrons. The fraction of sp³-hybridized carbons (Fsp3) is 0.250. The van der Waals surface area contributed by atoms with Gasteiger partial charge in [0, 0.05) is 27.2 Å². The van der Waals surface area contributed by atoms with Crippen LogP contribution in [0, 0.1) is 0 Å². The third kappa shape index (κ3) is 3.44. The van der Waals surface area contributed by atoms with Gasteiger partial charge in [0.2, 0.25) is 0 Å². The lowest BCUT2D eigenvalue weighted by molar-refractivity contribution is -0.137. The lowest BCUT2D eigenvalue weighted by Gasteiger charge is -2.12. The van der Waals surface area contributed by atoms with Gasteiger partial charge in [-0.05, 0) is 24.1 Å². The van der Waals surface area contributed by atoms with E-state index in [4.69, 9.17) is 28.9 Å². The van der Waals surface area contributed by atoms with E-state index in [0.717, 1.165) is 6.20 Å². The molecule has 0 saturated heterocycles. The van der Waals surface area contributed by atoms with E-state index < -0.39 is 17.2 Å². The van der Waals surface area contributed by atoms with Gasteiger partial charge >= 0.3 is 6.18 Å². The molecule has 108 valence electrons. The number of alkyl halides is 3. The summed E-state index contributed by atoms with van der Waals surface area (Å²) in [6.45, 7) is 0. The maximum atomic E-state index is 12.5. The van der Waals surface area contributed by atoms with Crippen molar-refractivity contribution in [3.63, 3.8) is 0 Å². The number of hydrogen-bond acceptors (Lipinski definition) is 3. The Hall–Kier alpha value is -0.820. The molecule has 0 aliphatic carbocycles. The van der Waals surface area contributed by atoms with E-state index in [1.54, 1.807) is 18.2 Å². The van der Waals surface area contributed by atoms with Crippen LogP contribution in [0.4, 0.5) is 13.2 Å². The fourth-order valence-electron chi connectivity index (χ4n) is 1.64. The molecule has 0 aliphatic rings. The predicted octanol–water partition coefficient (Wildman–Crippen LogP) is 4.71. The fourth-order valence-corrected chi connectivity index (χ4v) is 2.97. The van der Waals surface area contributed by atoms with Crippen molar-refractivity contribution in [3.05, 3.63) is 49.9 Å². The van der Waals surface area contributed by atoms with Gasteiger partial charge in [-0.1, -0.05) is 29.3 Å². The molecule has 2 nitrogen and oxygen atoms in total. The Balaban J connectivity index is 2.20. The molecule has 0 bridgehead atoms. The summed E-state index contributed by atoms with van der Waals surface area (Å²) in [7, 11) is 0. The van der Waals surface area contributed by atoms with Gasteiger partial charge < -0.3 is 5.73 Å². The Morgan fingerprint density at radius 3 is 2.35 bits per heavy atom. The first-order valence-electron chi connectivity index (χ1n) is 5.50. The lowest BCUT2D eigenvalue weighted by atomic mass is 10.1. The normalized spacial score (nSPS) is 13.5. The summed E-state index contributed by atoms with van der Waals surface area (Å²) in [4.78, 5) is 3.68. The van der Waals surface area contributed by atoms with E-state index in [9.17, 15) is 13.2 Å². The van der Waals surface area contributed by atoms with Crippen LogP contribution in [0.2, 0.25) is 10.0 Å². The van der Waals surface area contributed by atoms with Crippen LogP contribution in [0.25, 0.3) is 0 Å². The second-order valence-corrected chi connectivity index (χ2v) is 5.95. The Morgan fingerprint density at radius 2 is 1.85 bits per heavy atom. The smallest absolute Gasteiger partial charge is 0.323 e. The second kappa shape index (κ2) is 5.89. The highest BCUT2D eigenvalue weighted by molar-refractivity contribution is 7.11. The highest BCUT2D eigenvalue weighted by Crippen LogP contribution is 2.35. The molecule has 8 heteroatoms. The van der Waals surface area contributed by atoms with Crippen molar-refractivity contribution < 1.29 is 13.2 Å². The lowest BCUT2D eigenvalue weighted by Crippen LogP contribution is -2.12. The number of hydrogen-bond donors (Lipinski definition) is 1. The Morgan fingerprint density at radius 1 is 1.25 bits per heavy atom. The standard InChI is InChI=1S/C12H9Cl2F3N2S/c13-7-2-1-3-8(14)6(7)4-9(18)10-5-19-11(20-10)12(15,16)17/h1-3,5,9H,4,18H2. The second-order valence-electron chi connectivity index (χ2n) is 4.08. The van der Waals surface area contributed by atoms with E-state index >= 15 is 0 Å². The third-order valence-electron chi connectivity index (χ3n) is 2.62. The molecule has 1 aromatic carbocycles. The van der Waals surface area contributed by atoms with Gasteiger partial charge in [0.1, 0.15) is 0 Å². The minimum atomic E-state index is -4.45. The van der Waals surface area contributed by atoms with Crippen LogP contribution in [0.1, 0.15) is 21.5 Å². The van der Waals surface area contributed by atoms with Crippen molar-refractivity contribution in [3.8, 4) is 0 Å². The number of nitrogens with two attached hydrogens (primary N) is 1. The SMILES string of the molecule is NC(Cc1c(Cl)cccc1Cl)c1cnc(C(F)(F)F)s1. The molecular weight excluding hydrogens is 332 g/mol.